The molecule has 0 saturated heterocycles. The Labute approximate surface area is 100 Å². The van der Waals surface area contributed by atoms with Crippen LogP contribution in [0.4, 0.5) is 0 Å². The van der Waals surface area contributed by atoms with Gasteiger partial charge in [-0.25, -0.2) is 0 Å². The molecule has 0 aromatic heterocycles. The van der Waals surface area contributed by atoms with E-state index < -0.39 is 7.37 Å². The summed E-state index contributed by atoms with van der Waals surface area (Å²) < 4.78 is 17.6. The van der Waals surface area contributed by atoms with Crippen LogP contribution < -0.4 is 4.52 Å². The average Bonchev–Trinajstić information content (AvgIpc) is 2.29. The van der Waals surface area contributed by atoms with Crippen LogP contribution in [-0.4, -0.2) is 18.6 Å². The lowest BCUT2D eigenvalue weighted by Crippen LogP contribution is -2.00. The zero-order valence-corrected chi connectivity index (χ0v) is 10.9. The normalized spacial score (nSPS) is 11.2. The Morgan fingerprint density at radius 3 is 2.50 bits per heavy atom. The van der Waals surface area contributed by atoms with E-state index >= 15 is 0 Å². The fourth-order valence-corrected chi connectivity index (χ4v) is 2.60. The minimum Gasteiger partial charge on any atom is -0.442 e. The van der Waals surface area contributed by atoms with E-state index in [4.69, 9.17) is 16.1 Å². The van der Waals surface area contributed by atoms with Gasteiger partial charge in [0.2, 0.25) is 7.37 Å². The lowest BCUT2D eigenvalue weighted by Gasteiger charge is -2.17. The van der Waals surface area contributed by atoms with Crippen LogP contribution in [0.2, 0.25) is 5.02 Å². The van der Waals surface area contributed by atoms with Crippen molar-refractivity contribution in [1.29, 1.82) is 0 Å². The second-order valence-corrected chi connectivity index (χ2v) is 6.85. The molecule has 1 aromatic rings. The first kappa shape index (κ1) is 13.3. The number of halogens is 1. The molecule has 0 bridgehead atoms. The van der Waals surface area contributed by atoms with Crippen LogP contribution >= 0.6 is 19.0 Å². The molecule has 0 aliphatic heterocycles. The van der Waals surface area contributed by atoms with Crippen LogP contribution in [0.5, 0.6) is 5.75 Å². The molecule has 0 atom stereocenters. The number of carbonyl (C=O) groups is 1. The van der Waals surface area contributed by atoms with Crippen molar-refractivity contribution in [3.05, 3.63) is 28.8 Å². The molecule has 0 aliphatic carbocycles. The number of hydrogen-bond acceptors (Lipinski definition) is 3. The third-order valence-corrected chi connectivity index (χ3v) is 5.02. The van der Waals surface area contributed by atoms with Crippen LogP contribution in [0.1, 0.15) is 24.2 Å². The molecular formula is C11H14ClO3P. The van der Waals surface area contributed by atoms with E-state index in [9.17, 15) is 9.36 Å². The van der Waals surface area contributed by atoms with Gasteiger partial charge >= 0.3 is 0 Å². The van der Waals surface area contributed by atoms with E-state index in [2.05, 4.69) is 0 Å². The monoisotopic (exact) mass is 260 g/mol. The molecule has 5 heteroatoms. The third-order valence-electron chi connectivity index (χ3n) is 2.33. The van der Waals surface area contributed by atoms with Crippen molar-refractivity contribution in [3.63, 3.8) is 0 Å². The summed E-state index contributed by atoms with van der Waals surface area (Å²) in [6.45, 7) is 3.60. The van der Waals surface area contributed by atoms with E-state index in [1.165, 1.54) is 6.07 Å². The molecule has 0 unspecified atom stereocenters. The minimum absolute atomic E-state index is 0.300. The average molecular weight is 261 g/mol. The molecule has 0 amide bonds. The Hall–Kier alpha value is -0.790. The Morgan fingerprint density at radius 1 is 1.38 bits per heavy atom. The van der Waals surface area contributed by atoms with E-state index in [0.29, 0.717) is 34.9 Å². The van der Waals surface area contributed by atoms with Crippen molar-refractivity contribution in [2.75, 3.05) is 12.3 Å². The second kappa shape index (κ2) is 5.51. The van der Waals surface area contributed by atoms with Gasteiger partial charge in [-0.1, -0.05) is 25.4 Å². The summed E-state index contributed by atoms with van der Waals surface area (Å²) in [5.41, 5.74) is 0.367. The molecule has 0 aliphatic rings. The van der Waals surface area contributed by atoms with Gasteiger partial charge in [-0.05, 0) is 18.2 Å². The van der Waals surface area contributed by atoms with Crippen molar-refractivity contribution >= 4 is 25.3 Å². The molecule has 88 valence electrons. The van der Waals surface area contributed by atoms with Crippen molar-refractivity contribution in [3.8, 4) is 5.75 Å². The van der Waals surface area contributed by atoms with Crippen molar-refractivity contribution in [1.82, 2.24) is 0 Å². The lowest BCUT2D eigenvalue weighted by atomic mass is 10.2. The quantitative estimate of drug-likeness (QED) is 0.597. The maximum atomic E-state index is 12.1. The SMILES string of the molecule is CCP(=O)(CC)Oc1cc(Cl)ccc1C=O. The first-order valence-electron chi connectivity index (χ1n) is 5.07. The highest BCUT2D eigenvalue weighted by Gasteiger charge is 2.20. The van der Waals surface area contributed by atoms with Gasteiger partial charge < -0.3 is 4.52 Å². The van der Waals surface area contributed by atoms with Gasteiger partial charge in [0.25, 0.3) is 0 Å². The molecule has 0 fully saturated rings. The van der Waals surface area contributed by atoms with Crippen molar-refractivity contribution in [2.45, 2.75) is 13.8 Å². The molecule has 0 saturated carbocycles. The highest BCUT2D eigenvalue weighted by atomic mass is 35.5. The number of benzene rings is 1. The fourth-order valence-electron chi connectivity index (χ4n) is 1.22. The highest BCUT2D eigenvalue weighted by molar-refractivity contribution is 7.59. The van der Waals surface area contributed by atoms with Crippen LogP contribution in [0.25, 0.3) is 0 Å². The molecule has 0 N–H and O–H groups in total. The minimum atomic E-state index is -2.68. The summed E-state index contributed by atoms with van der Waals surface area (Å²) >= 11 is 5.80. The van der Waals surface area contributed by atoms with Gasteiger partial charge in [0.15, 0.2) is 6.29 Å². The zero-order valence-electron chi connectivity index (χ0n) is 9.27. The summed E-state index contributed by atoms with van der Waals surface area (Å²) in [4.78, 5) is 10.8. The summed E-state index contributed by atoms with van der Waals surface area (Å²) in [5.74, 6) is 0.300. The smallest absolute Gasteiger partial charge is 0.247 e. The van der Waals surface area contributed by atoms with Crippen LogP contribution in [0.15, 0.2) is 18.2 Å². The largest absolute Gasteiger partial charge is 0.442 e. The highest BCUT2D eigenvalue weighted by Crippen LogP contribution is 2.47. The van der Waals surface area contributed by atoms with Crippen LogP contribution in [0, 0.1) is 0 Å². The second-order valence-electron chi connectivity index (χ2n) is 3.34. The Kier molecular flexibility index (Phi) is 4.57. The number of rotatable bonds is 5. The zero-order chi connectivity index (χ0) is 12.2. The predicted octanol–water partition coefficient (Wildman–Crippen LogP) is 3.85. The number of carbonyl (C=O) groups excluding carboxylic acids is 1. The predicted molar refractivity (Wildman–Crippen MR) is 66.2 cm³/mol. The maximum Gasteiger partial charge on any atom is 0.247 e. The molecule has 3 nitrogen and oxygen atoms in total. The topological polar surface area (TPSA) is 43.4 Å². The Morgan fingerprint density at radius 2 is 2.00 bits per heavy atom. The summed E-state index contributed by atoms with van der Waals surface area (Å²) in [7, 11) is -2.68. The summed E-state index contributed by atoms with van der Waals surface area (Å²) in [6, 6.07) is 4.67. The fraction of sp³-hybridized carbons (Fsp3) is 0.364. The van der Waals surface area contributed by atoms with Gasteiger partial charge in [-0.3, -0.25) is 9.36 Å². The number of aldehydes is 1. The van der Waals surface area contributed by atoms with Crippen molar-refractivity contribution in [2.24, 2.45) is 0 Å². The van der Waals surface area contributed by atoms with Gasteiger partial charge in [0.05, 0.1) is 5.56 Å². The molecular weight excluding hydrogens is 247 g/mol. The van der Waals surface area contributed by atoms with Gasteiger partial charge in [-0.15, -0.1) is 0 Å². The molecule has 1 aromatic carbocycles. The first-order chi connectivity index (χ1) is 7.54. The number of hydrogen-bond donors (Lipinski definition) is 0. The van der Waals surface area contributed by atoms with E-state index in [1.54, 1.807) is 26.0 Å². The molecule has 0 spiro atoms. The summed E-state index contributed by atoms with van der Waals surface area (Å²) in [6.07, 6.45) is 1.55. The third kappa shape index (κ3) is 3.10. The molecule has 0 heterocycles. The Bertz CT molecular complexity index is 423. The maximum absolute atomic E-state index is 12.1. The van der Waals surface area contributed by atoms with Crippen LogP contribution in [0.3, 0.4) is 0 Å². The lowest BCUT2D eigenvalue weighted by molar-refractivity contribution is 0.112. The summed E-state index contributed by atoms with van der Waals surface area (Å²) in [5, 5.41) is 0.458. The molecule has 0 radical (unpaired) electrons. The van der Waals surface area contributed by atoms with Crippen LogP contribution in [-0.2, 0) is 4.57 Å². The first-order valence-corrected chi connectivity index (χ1v) is 7.44. The van der Waals surface area contributed by atoms with Crippen molar-refractivity contribution < 1.29 is 13.9 Å². The van der Waals surface area contributed by atoms with E-state index in [-0.39, 0.29) is 0 Å². The van der Waals surface area contributed by atoms with E-state index in [1.807, 2.05) is 0 Å². The van der Waals surface area contributed by atoms with E-state index in [0.717, 1.165) is 0 Å². The van der Waals surface area contributed by atoms with Gasteiger partial charge in [-0.2, -0.15) is 0 Å². The standard InChI is InChI=1S/C11H14ClO3P/c1-3-16(14,4-2)15-11-7-10(12)6-5-9(11)8-13/h5-8H,3-4H2,1-2H3. The van der Waals surface area contributed by atoms with Gasteiger partial charge in [0, 0.05) is 17.3 Å². The molecule has 16 heavy (non-hydrogen) atoms. The molecule has 1 rings (SSSR count). The van der Waals surface area contributed by atoms with Gasteiger partial charge in [0.1, 0.15) is 5.75 Å². The Balaban J connectivity index is 3.08.